The average molecular weight is 1280 g/mol. The summed E-state index contributed by atoms with van der Waals surface area (Å²) in [6, 6.07) is 0. The molecule has 0 aliphatic heterocycles. The summed E-state index contributed by atoms with van der Waals surface area (Å²) in [5.41, 5.74) is 0. The second kappa shape index (κ2) is 60.3. The summed E-state index contributed by atoms with van der Waals surface area (Å²) in [7, 11) is -9.88. The Morgan fingerprint density at radius 3 is 0.782 bits per heavy atom. The number of ether oxygens (including phenoxy) is 4. The second-order valence-corrected chi connectivity index (χ2v) is 28.4. The molecular weight excluding hydrogens is 1150 g/mol. The first kappa shape index (κ1) is 85.1. The third kappa shape index (κ3) is 62.6. The minimum absolute atomic E-state index is 0.105. The standard InChI is InChI=1S/C68H132O17P2/c1-7-9-11-13-14-15-28-34-40-46-52-67(72)84-63(56-78-65(70)50-44-36-12-10-8-2)58-82-86(74,75)80-54-62(69)55-81-87(76,77)83-59-64(57-79-66(71)51-45-39-33-29-24-21-20-23-27-32-38-43-49-61(5)6)85-68(73)53-47-41-35-30-25-19-17-16-18-22-26-31-37-42-48-60(3)4/h60-64,69H,7-59H2,1-6H3,(H,74,75)(H,76,77)/t62-,63+,64+/m0/s1. The lowest BCUT2D eigenvalue weighted by Crippen LogP contribution is -2.30. The molecule has 0 heterocycles. The summed E-state index contributed by atoms with van der Waals surface area (Å²) >= 11 is 0. The van der Waals surface area contributed by atoms with Crippen molar-refractivity contribution < 1.29 is 80.2 Å². The molecule has 0 rings (SSSR count). The Labute approximate surface area is 530 Å². The minimum atomic E-state index is -4.95. The van der Waals surface area contributed by atoms with Crippen LogP contribution in [0, 0.1) is 11.8 Å². The Morgan fingerprint density at radius 2 is 0.529 bits per heavy atom. The van der Waals surface area contributed by atoms with Gasteiger partial charge in [-0.05, 0) is 37.5 Å². The van der Waals surface area contributed by atoms with Crippen molar-refractivity contribution in [2.45, 2.75) is 362 Å². The Bertz CT molecular complexity index is 1700. The predicted octanol–water partition coefficient (Wildman–Crippen LogP) is 19.2. The van der Waals surface area contributed by atoms with Gasteiger partial charge < -0.3 is 33.8 Å². The molecule has 0 saturated carbocycles. The van der Waals surface area contributed by atoms with Crippen LogP contribution in [0.4, 0.5) is 0 Å². The van der Waals surface area contributed by atoms with E-state index in [1.807, 2.05) is 0 Å². The Kier molecular flexibility index (Phi) is 59.0. The SMILES string of the molecule is CCCCCCCCCCCCC(=O)O[C@H](COC(=O)CCCCCCC)COP(=O)(O)OC[C@H](O)COP(=O)(O)OC[C@@H](COC(=O)CCCCCCCCCCCCCCC(C)C)OC(=O)CCCCCCCCCCCCCCCCC(C)C. The van der Waals surface area contributed by atoms with Gasteiger partial charge in [0, 0.05) is 25.7 Å². The highest BCUT2D eigenvalue weighted by atomic mass is 31.2. The van der Waals surface area contributed by atoms with Gasteiger partial charge in [0.1, 0.15) is 19.3 Å². The molecule has 0 bridgehead atoms. The summed E-state index contributed by atoms with van der Waals surface area (Å²) < 4.78 is 68.0. The van der Waals surface area contributed by atoms with Crippen LogP contribution < -0.4 is 0 Å². The highest BCUT2D eigenvalue weighted by Gasteiger charge is 2.30. The fraction of sp³-hybridized carbons (Fsp3) is 0.941. The van der Waals surface area contributed by atoms with Crippen LogP contribution in [-0.4, -0.2) is 96.7 Å². The summed E-state index contributed by atoms with van der Waals surface area (Å²) in [4.78, 5) is 72.1. The van der Waals surface area contributed by atoms with Crippen LogP contribution in [-0.2, 0) is 65.4 Å². The zero-order valence-electron chi connectivity index (χ0n) is 56.3. The maximum Gasteiger partial charge on any atom is 0.472 e. The first-order chi connectivity index (χ1) is 41.9. The number of phosphoric acid groups is 2. The number of rotatable bonds is 67. The molecule has 19 heteroatoms. The lowest BCUT2D eigenvalue weighted by atomic mass is 10.0. The maximum absolute atomic E-state index is 13.0. The number of hydrogen-bond acceptors (Lipinski definition) is 15. The van der Waals surface area contributed by atoms with Crippen molar-refractivity contribution in [1.82, 2.24) is 0 Å². The van der Waals surface area contributed by atoms with Gasteiger partial charge >= 0.3 is 39.5 Å². The lowest BCUT2D eigenvalue weighted by Gasteiger charge is -2.21. The molecule has 0 amide bonds. The molecule has 0 fully saturated rings. The zero-order chi connectivity index (χ0) is 64.3. The molecule has 0 aromatic carbocycles. The molecule has 5 atom stereocenters. The largest absolute Gasteiger partial charge is 0.472 e. The molecule has 0 aliphatic rings. The van der Waals surface area contributed by atoms with Crippen LogP contribution in [0.3, 0.4) is 0 Å². The van der Waals surface area contributed by atoms with Crippen LogP contribution in [0.15, 0.2) is 0 Å². The number of aliphatic hydroxyl groups excluding tert-OH is 1. The fourth-order valence-corrected chi connectivity index (χ4v) is 11.8. The molecule has 2 unspecified atom stereocenters. The van der Waals surface area contributed by atoms with E-state index in [4.69, 9.17) is 37.0 Å². The summed E-state index contributed by atoms with van der Waals surface area (Å²) in [5, 5.41) is 10.5. The van der Waals surface area contributed by atoms with Crippen molar-refractivity contribution in [2.75, 3.05) is 39.6 Å². The number of carbonyl (C=O) groups is 4. The summed E-state index contributed by atoms with van der Waals surface area (Å²) in [5.74, 6) is -0.561. The Morgan fingerprint density at radius 1 is 0.310 bits per heavy atom. The molecule has 0 radical (unpaired) electrons. The van der Waals surface area contributed by atoms with E-state index in [-0.39, 0.29) is 25.7 Å². The number of phosphoric ester groups is 2. The molecular formula is C68H132O17P2. The number of hydrogen-bond donors (Lipinski definition) is 3. The topological polar surface area (TPSA) is 237 Å². The van der Waals surface area contributed by atoms with Crippen LogP contribution in [0.1, 0.15) is 343 Å². The van der Waals surface area contributed by atoms with Gasteiger partial charge in [0.2, 0.25) is 0 Å². The van der Waals surface area contributed by atoms with E-state index in [0.29, 0.717) is 25.7 Å². The van der Waals surface area contributed by atoms with E-state index in [9.17, 15) is 43.2 Å². The van der Waals surface area contributed by atoms with Crippen molar-refractivity contribution in [3.05, 3.63) is 0 Å². The van der Waals surface area contributed by atoms with Gasteiger partial charge in [-0.3, -0.25) is 37.3 Å². The Balaban J connectivity index is 5.16. The summed E-state index contributed by atoms with van der Waals surface area (Å²) in [6.45, 7) is 9.47. The van der Waals surface area contributed by atoms with Gasteiger partial charge in [-0.2, -0.15) is 0 Å². The van der Waals surface area contributed by atoms with Crippen molar-refractivity contribution in [3.8, 4) is 0 Å². The van der Waals surface area contributed by atoms with Gasteiger partial charge in [0.05, 0.1) is 26.4 Å². The highest BCUT2D eigenvalue weighted by Crippen LogP contribution is 2.45. The van der Waals surface area contributed by atoms with Crippen LogP contribution in [0.2, 0.25) is 0 Å². The molecule has 0 saturated heterocycles. The van der Waals surface area contributed by atoms with E-state index in [1.54, 1.807) is 0 Å². The van der Waals surface area contributed by atoms with Gasteiger partial charge in [-0.25, -0.2) is 9.13 Å². The van der Waals surface area contributed by atoms with Crippen molar-refractivity contribution in [3.63, 3.8) is 0 Å². The van der Waals surface area contributed by atoms with Gasteiger partial charge in [0.25, 0.3) is 0 Å². The number of unbranched alkanes of at least 4 members (excludes halogenated alkanes) is 37. The zero-order valence-corrected chi connectivity index (χ0v) is 58.1. The van der Waals surface area contributed by atoms with Crippen molar-refractivity contribution >= 4 is 39.5 Å². The van der Waals surface area contributed by atoms with Gasteiger partial charge in [-0.15, -0.1) is 0 Å². The molecule has 0 aromatic heterocycles. The van der Waals surface area contributed by atoms with E-state index in [0.717, 1.165) is 108 Å². The highest BCUT2D eigenvalue weighted by molar-refractivity contribution is 7.47. The van der Waals surface area contributed by atoms with Crippen LogP contribution in [0.25, 0.3) is 0 Å². The summed E-state index contributed by atoms with van der Waals surface area (Å²) in [6.07, 6.45) is 44.8. The fourth-order valence-electron chi connectivity index (χ4n) is 10.2. The van der Waals surface area contributed by atoms with E-state index >= 15 is 0 Å². The first-order valence-corrected chi connectivity index (χ1v) is 38.5. The van der Waals surface area contributed by atoms with Crippen LogP contribution in [0.5, 0.6) is 0 Å². The number of aliphatic hydroxyl groups is 1. The molecule has 0 aliphatic carbocycles. The van der Waals surface area contributed by atoms with Crippen molar-refractivity contribution in [2.24, 2.45) is 11.8 Å². The van der Waals surface area contributed by atoms with Gasteiger partial charge in [-0.1, -0.05) is 292 Å². The molecule has 0 aromatic rings. The quantitative estimate of drug-likeness (QED) is 0.0222. The monoisotopic (exact) mass is 1280 g/mol. The third-order valence-electron chi connectivity index (χ3n) is 15.7. The molecule has 3 N–H and O–H groups in total. The average Bonchev–Trinajstić information content (AvgIpc) is 3.66. The first-order valence-electron chi connectivity index (χ1n) is 35.5. The minimum Gasteiger partial charge on any atom is -0.462 e. The van der Waals surface area contributed by atoms with Gasteiger partial charge in [0.15, 0.2) is 12.2 Å². The second-order valence-electron chi connectivity index (χ2n) is 25.5. The number of esters is 4. The lowest BCUT2D eigenvalue weighted by molar-refractivity contribution is -0.161. The Hall–Kier alpha value is -1.94. The normalized spacial score (nSPS) is 14.2. The third-order valence-corrected chi connectivity index (χ3v) is 17.6. The molecule has 17 nitrogen and oxygen atoms in total. The maximum atomic E-state index is 13.0. The predicted molar refractivity (Wildman–Crippen MR) is 349 cm³/mol. The van der Waals surface area contributed by atoms with E-state index in [2.05, 4.69) is 41.5 Å². The van der Waals surface area contributed by atoms with E-state index < -0.39 is 97.5 Å². The van der Waals surface area contributed by atoms with Crippen LogP contribution >= 0.6 is 15.6 Å². The van der Waals surface area contributed by atoms with E-state index in [1.165, 1.54) is 154 Å². The number of carbonyl (C=O) groups excluding carboxylic acids is 4. The molecule has 87 heavy (non-hydrogen) atoms. The molecule has 516 valence electrons. The molecule has 0 spiro atoms. The van der Waals surface area contributed by atoms with Crippen molar-refractivity contribution in [1.29, 1.82) is 0 Å². The smallest absolute Gasteiger partial charge is 0.462 e.